The van der Waals surface area contributed by atoms with Gasteiger partial charge in [-0.1, -0.05) is 45.3 Å². The summed E-state index contributed by atoms with van der Waals surface area (Å²) in [6.07, 6.45) is 13.8. The van der Waals surface area contributed by atoms with Crippen LogP contribution in [0.5, 0.6) is 0 Å². The summed E-state index contributed by atoms with van der Waals surface area (Å²) in [6.45, 7) is 11.3. The standard InChI is InChI=1S/C27H46O5S.C3H9N/c1-18(7-6-14-25(2,3)28)22-10-11-23-21-9-8-19-17-20(32-33(29,30)31)12-15-26(19,4)24(21)13-16-27(22,23)5;1-4(2)3/h8,18,20-24,28H,6-7,9-17H2,1-5H3,(H,29,30,31);1-3H3/t18-,20+,21+,22-,23+,24+,26+,27-;/m1./s1. The summed E-state index contributed by atoms with van der Waals surface area (Å²) in [5, 5.41) is 10.1. The molecule has 4 rings (SSSR count). The fourth-order valence-electron chi connectivity index (χ4n) is 8.91. The molecule has 3 fully saturated rings. The molecule has 6 nitrogen and oxygen atoms in total. The molecule has 8 atom stereocenters. The summed E-state index contributed by atoms with van der Waals surface area (Å²) < 4.78 is 36.5. The van der Waals surface area contributed by atoms with Gasteiger partial charge in [0.1, 0.15) is 0 Å². The highest BCUT2D eigenvalue weighted by atomic mass is 32.3. The number of rotatable bonds is 7. The van der Waals surface area contributed by atoms with Gasteiger partial charge in [0.2, 0.25) is 0 Å². The minimum absolute atomic E-state index is 0.139. The SMILES string of the molecule is CN(C)C.C[C@H](CCCC(C)(C)O)[C@H]1CC[C@H]2[C@@H]3CC=C4C[C@@H](OS(=O)(=O)O)CC[C@]4(C)[C@H]3CC[C@]12C. The van der Waals surface area contributed by atoms with Crippen molar-refractivity contribution in [3.63, 3.8) is 0 Å². The first kappa shape index (κ1) is 31.1. The molecule has 0 spiro atoms. The van der Waals surface area contributed by atoms with Gasteiger partial charge < -0.3 is 10.0 Å². The van der Waals surface area contributed by atoms with Gasteiger partial charge in [0.05, 0.1) is 11.7 Å². The van der Waals surface area contributed by atoms with Crippen LogP contribution >= 0.6 is 0 Å². The monoisotopic (exact) mass is 541 g/mol. The van der Waals surface area contributed by atoms with E-state index < -0.39 is 22.1 Å². The van der Waals surface area contributed by atoms with E-state index in [9.17, 15) is 13.5 Å². The van der Waals surface area contributed by atoms with E-state index in [1.807, 2.05) is 39.9 Å². The molecular formula is C30H55NO5S. The van der Waals surface area contributed by atoms with E-state index in [4.69, 9.17) is 8.74 Å². The predicted octanol–water partition coefficient (Wildman–Crippen LogP) is 6.51. The zero-order valence-corrected chi connectivity index (χ0v) is 25.6. The molecule has 0 aromatic heterocycles. The van der Waals surface area contributed by atoms with Crippen molar-refractivity contribution < 1.29 is 22.3 Å². The topological polar surface area (TPSA) is 87.1 Å². The zero-order valence-electron chi connectivity index (χ0n) is 24.8. The Morgan fingerprint density at radius 3 is 2.35 bits per heavy atom. The fraction of sp³-hybridized carbons (Fsp3) is 0.933. The molecule has 2 N–H and O–H groups in total. The highest BCUT2D eigenvalue weighted by Gasteiger charge is 2.59. The van der Waals surface area contributed by atoms with Crippen LogP contribution in [-0.2, 0) is 14.6 Å². The van der Waals surface area contributed by atoms with Crippen molar-refractivity contribution in [3.8, 4) is 0 Å². The molecule has 0 radical (unpaired) electrons. The van der Waals surface area contributed by atoms with E-state index >= 15 is 0 Å². The van der Waals surface area contributed by atoms with Gasteiger partial charge in [-0.3, -0.25) is 4.55 Å². The normalized spacial score (nSPS) is 38.6. The van der Waals surface area contributed by atoms with E-state index in [1.54, 1.807) is 0 Å². The van der Waals surface area contributed by atoms with E-state index in [1.165, 1.54) is 37.7 Å². The number of hydrogen-bond acceptors (Lipinski definition) is 5. The molecule has 7 heteroatoms. The van der Waals surface area contributed by atoms with E-state index in [2.05, 4.69) is 26.8 Å². The first-order chi connectivity index (χ1) is 17.0. The highest BCUT2D eigenvalue weighted by molar-refractivity contribution is 7.80. The lowest BCUT2D eigenvalue weighted by molar-refractivity contribution is -0.0563. The van der Waals surface area contributed by atoms with Crippen LogP contribution in [0.2, 0.25) is 0 Å². The molecule has 216 valence electrons. The van der Waals surface area contributed by atoms with Crippen molar-refractivity contribution in [1.82, 2.24) is 4.90 Å². The Morgan fingerprint density at radius 2 is 1.76 bits per heavy atom. The number of allylic oxidation sites excluding steroid dienone is 1. The maximum atomic E-state index is 11.2. The molecule has 0 heterocycles. The van der Waals surface area contributed by atoms with Crippen molar-refractivity contribution in [2.75, 3.05) is 21.1 Å². The van der Waals surface area contributed by atoms with Gasteiger partial charge in [-0.25, -0.2) is 4.18 Å². The summed E-state index contributed by atoms with van der Waals surface area (Å²) in [7, 11) is 1.60. The van der Waals surface area contributed by atoms with E-state index in [-0.39, 0.29) is 5.41 Å². The van der Waals surface area contributed by atoms with Crippen LogP contribution in [0.3, 0.4) is 0 Å². The molecule has 4 aliphatic carbocycles. The average Bonchev–Trinajstić information content (AvgIpc) is 3.09. The number of nitrogens with zero attached hydrogens (tertiary/aromatic N) is 1. The van der Waals surface area contributed by atoms with Gasteiger partial charge in [-0.2, -0.15) is 8.42 Å². The Morgan fingerprint density at radius 1 is 1.11 bits per heavy atom. The van der Waals surface area contributed by atoms with Gasteiger partial charge in [-0.15, -0.1) is 0 Å². The zero-order chi connectivity index (χ0) is 27.8. The molecule has 0 unspecified atom stereocenters. The molecule has 0 bridgehead atoms. The molecule has 0 amide bonds. The Hall–Kier alpha value is -0.470. The maximum Gasteiger partial charge on any atom is 0.397 e. The Kier molecular flexibility index (Phi) is 9.71. The first-order valence-electron chi connectivity index (χ1n) is 14.6. The first-order valence-corrected chi connectivity index (χ1v) is 16.0. The molecule has 0 aromatic carbocycles. The summed E-state index contributed by atoms with van der Waals surface area (Å²) in [4.78, 5) is 2.00. The van der Waals surface area contributed by atoms with Gasteiger partial charge in [-0.05, 0) is 133 Å². The van der Waals surface area contributed by atoms with Crippen LogP contribution in [0, 0.1) is 40.4 Å². The van der Waals surface area contributed by atoms with Crippen LogP contribution in [0.4, 0.5) is 0 Å². The highest BCUT2D eigenvalue weighted by Crippen LogP contribution is 2.67. The van der Waals surface area contributed by atoms with Crippen molar-refractivity contribution in [3.05, 3.63) is 11.6 Å². The second-order valence-corrected chi connectivity index (χ2v) is 15.4. The van der Waals surface area contributed by atoms with E-state index in [0.717, 1.165) is 43.4 Å². The number of fused-ring (bicyclic) bond motifs is 5. The minimum Gasteiger partial charge on any atom is -0.390 e. The lowest BCUT2D eigenvalue weighted by Crippen LogP contribution is -2.51. The third kappa shape index (κ3) is 7.39. The summed E-state index contributed by atoms with van der Waals surface area (Å²) >= 11 is 0. The second-order valence-electron chi connectivity index (χ2n) is 14.4. The van der Waals surface area contributed by atoms with Crippen molar-refractivity contribution in [2.45, 2.75) is 117 Å². The van der Waals surface area contributed by atoms with Gasteiger partial charge in [0.15, 0.2) is 0 Å². The molecule has 4 aliphatic rings. The van der Waals surface area contributed by atoms with Gasteiger partial charge in [0.25, 0.3) is 0 Å². The van der Waals surface area contributed by atoms with Crippen molar-refractivity contribution in [1.29, 1.82) is 0 Å². The molecule has 0 aromatic rings. The summed E-state index contributed by atoms with van der Waals surface area (Å²) in [6, 6.07) is 0. The lowest BCUT2D eigenvalue weighted by atomic mass is 9.47. The molecule has 37 heavy (non-hydrogen) atoms. The maximum absolute atomic E-state index is 11.2. The van der Waals surface area contributed by atoms with Crippen LogP contribution in [-0.4, -0.2) is 55.8 Å². The summed E-state index contributed by atoms with van der Waals surface area (Å²) in [5.74, 6) is 3.66. The van der Waals surface area contributed by atoms with Crippen molar-refractivity contribution in [2.24, 2.45) is 40.4 Å². The Balaban J connectivity index is 0.000000886. The smallest absolute Gasteiger partial charge is 0.390 e. The average molecular weight is 542 g/mol. The van der Waals surface area contributed by atoms with Crippen LogP contribution < -0.4 is 0 Å². The molecule has 3 saturated carbocycles. The van der Waals surface area contributed by atoms with Crippen molar-refractivity contribution >= 4 is 10.4 Å². The summed E-state index contributed by atoms with van der Waals surface area (Å²) in [5.41, 5.74) is 1.36. The third-order valence-electron chi connectivity index (χ3n) is 10.5. The number of aliphatic hydroxyl groups is 1. The predicted molar refractivity (Wildman–Crippen MR) is 151 cm³/mol. The van der Waals surface area contributed by atoms with E-state index in [0.29, 0.717) is 30.1 Å². The largest absolute Gasteiger partial charge is 0.397 e. The van der Waals surface area contributed by atoms with Gasteiger partial charge >= 0.3 is 10.4 Å². The lowest BCUT2D eigenvalue weighted by Gasteiger charge is -2.58. The molecular weight excluding hydrogens is 486 g/mol. The van der Waals surface area contributed by atoms with Crippen LogP contribution in [0.1, 0.15) is 105 Å². The Bertz CT molecular complexity index is 907. The molecule has 0 saturated heterocycles. The van der Waals surface area contributed by atoms with Crippen LogP contribution in [0.25, 0.3) is 0 Å². The molecule has 0 aliphatic heterocycles. The fourth-order valence-corrected chi connectivity index (χ4v) is 9.42. The third-order valence-corrected chi connectivity index (χ3v) is 11.0. The second kappa shape index (κ2) is 11.6. The quantitative estimate of drug-likeness (QED) is 0.282. The van der Waals surface area contributed by atoms with Crippen LogP contribution in [0.15, 0.2) is 11.6 Å². The number of hydrogen-bond donors (Lipinski definition) is 2. The minimum atomic E-state index is -4.40. The van der Waals surface area contributed by atoms with Gasteiger partial charge in [0, 0.05) is 0 Å². The Labute approximate surface area is 227 Å².